The number of anilines is 1. The fraction of sp³-hybridized carbons (Fsp3) is 0.286. The highest BCUT2D eigenvalue weighted by Crippen LogP contribution is 2.26. The molecule has 3 rings (SSSR count). The Morgan fingerprint density at radius 1 is 1.37 bits per heavy atom. The third kappa shape index (κ3) is 2.39. The van der Waals surface area contributed by atoms with Crippen molar-refractivity contribution in [2.24, 2.45) is 5.73 Å². The minimum absolute atomic E-state index is 0.0478. The number of aromatic nitrogens is 1. The molecule has 0 spiro atoms. The Hall–Kier alpha value is -1.72. The molecule has 1 aliphatic heterocycles. The van der Waals surface area contributed by atoms with Crippen LogP contribution in [-0.4, -0.2) is 23.5 Å². The van der Waals surface area contributed by atoms with Crippen LogP contribution in [0.4, 0.5) is 5.69 Å². The van der Waals surface area contributed by atoms with Gasteiger partial charge in [-0.05, 0) is 19.1 Å². The number of carbonyl (C=O) groups is 1. The predicted octanol–water partition coefficient (Wildman–Crippen LogP) is 2.18. The Bertz CT molecular complexity index is 605. The molecule has 1 aliphatic rings. The maximum atomic E-state index is 11.8. The number of rotatable bonds is 2. The lowest BCUT2D eigenvalue weighted by atomic mass is 10.1. The van der Waals surface area contributed by atoms with Crippen molar-refractivity contribution in [3.05, 3.63) is 34.7 Å². The zero-order valence-corrected chi connectivity index (χ0v) is 11.5. The van der Waals surface area contributed by atoms with Crippen molar-refractivity contribution in [1.82, 2.24) is 4.98 Å². The van der Waals surface area contributed by atoms with E-state index in [1.165, 1.54) is 0 Å². The summed E-state index contributed by atoms with van der Waals surface area (Å²) in [6, 6.07) is 7.87. The SMILES string of the molecule is Cc1nc(-c2ccc(N3CC(N)CC3=O)cc2)cs1. The highest BCUT2D eigenvalue weighted by molar-refractivity contribution is 7.09. The minimum Gasteiger partial charge on any atom is -0.326 e. The van der Waals surface area contributed by atoms with E-state index in [9.17, 15) is 4.79 Å². The van der Waals surface area contributed by atoms with Crippen molar-refractivity contribution in [3.63, 3.8) is 0 Å². The van der Waals surface area contributed by atoms with Gasteiger partial charge < -0.3 is 10.6 Å². The molecule has 0 aliphatic carbocycles. The monoisotopic (exact) mass is 273 g/mol. The first-order valence-corrected chi connectivity index (χ1v) is 7.10. The molecule has 4 nitrogen and oxygen atoms in total. The van der Waals surface area contributed by atoms with Gasteiger partial charge in [-0.15, -0.1) is 11.3 Å². The topological polar surface area (TPSA) is 59.2 Å². The van der Waals surface area contributed by atoms with Gasteiger partial charge in [-0.3, -0.25) is 4.79 Å². The summed E-state index contributed by atoms with van der Waals surface area (Å²) < 4.78 is 0. The number of amides is 1. The van der Waals surface area contributed by atoms with Gasteiger partial charge in [0.15, 0.2) is 0 Å². The summed E-state index contributed by atoms with van der Waals surface area (Å²) in [5.74, 6) is 0.102. The normalized spacial score (nSPS) is 19.2. The van der Waals surface area contributed by atoms with Crippen molar-refractivity contribution in [1.29, 1.82) is 0 Å². The molecular formula is C14H15N3OS. The van der Waals surface area contributed by atoms with Crippen LogP contribution >= 0.6 is 11.3 Å². The zero-order valence-electron chi connectivity index (χ0n) is 10.7. The van der Waals surface area contributed by atoms with Crippen LogP contribution in [0.2, 0.25) is 0 Å². The number of aryl methyl sites for hydroxylation is 1. The average molecular weight is 273 g/mol. The highest BCUT2D eigenvalue weighted by Gasteiger charge is 2.27. The van der Waals surface area contributed by atoms with Gasteiger partial charge in [0, 0.05) is 35.6 Å². The molecule has 2 aromatic rings. The van der Waals surface area contributed by atoms with E-state index in [1.807, 2.05) is 36.6 Å². The van der Waals surface area contributed by atoms with E-state index in [-0.39, 0.29) is 11.9 Å². The lowest BCUT2D eigenvalue weighted by molar-refractivity contribution is -0.117. The molecule has 2 heterocycles. The Balaban J connectivity index is 1.85. The summed E-state index contributed by atoms with van der Waals surface area (Å²) in [5, 5.41) is 3.10. The summed E-state index contributed by atoms with van der Waals surface area (Å²) in [6.07, 6.45) is 0.438. The third-order valence-corrected chi connectivity index (χ3v) is 4.02. The lowest BCUT2D eigenvalue weighted by Crippen LogP contribution is -2.27. The van der Waals surface area contributed by atoms with Crippen molar-refractivity contribution >= 4 is 22.9 Å². The van der Waals surface area contributed by atoms with E-state index in [4.69, 9.17) is 5.73 Å². The molecule has 0 radical (unpaired) electrons. The molecule has 2 N–H and O–H groups in total. The number of hydrogen-bond acceptors (Lipinski definition) is 4. The van der Waals surface area contributed by atoms with E-state index in [2.05, 4.69) is 4.98 Å². The largest absolute Gasteiger partial charge is 0.326 e. The van der Waals surface area contributed by atoms with Crippen molar-refractivity contribution < 1.29 is 4.79 Å². The number of hydrogen-bond donors (Lipinski definition) is 1. The van der Waals surface area contributed by atoms with Gasteiger partial charge in [0.25, 0.3) is 0 Å². The maximum absolute atomic E-state index is 11.8. The molecule has 1 fully saturated rings. The van der Waals surface area contributed by atoms with Crippen LogP contribution in [0.3, 0.4) is 0 Å². The Labute approximate surface area is 115 Å². The number of carbonyl (C=O) groups excluding carboxylic acids is 1. The van der Waals surface area contributed by atoms with E-state index in [0.29, 0.717) is 13.0 Å². The smallest absolute Gasteiger partial charge is 0.228 e. The number of thiazole rings is 1. The van der Waals surface area contributed by atoms with Gasteiger partial charge in [-0.1, -0.05) is 12.1 Å². The van der Waals surface area contributed by atoms with E-state index in [0.717, 1.165) is 22.0 Å². The van der Waals surface area contributed by atoms with Crippen molar-refractivity contribution in [3.8, 4) is 11.3 Å². The van der Waals surface area contributed by atoms with E-state index >= 15 is 0 Å². The van der Waals surface area contributed by atoms with Gasteiger partial charge in [0.2, 0.25) is 5.91 Å². The molecule has 1 aromatic heterocycles. The van der Waals surface area contributed by atoms with Crippen LogP contribution in [0.25, 0.3) is 11.3 Å². The van der Waals surface area contributed by atoms with E-state index < -0.39 is 0 Å². The second-order valence-electron chi connectivity index (χ2n) is 4.77. The number of benzene rings is 1. The second-order valence-corrected chi connectivity index (χ2v) is 5.83. The van der Waals surface area contributed by atoms with Gasteiger partial charge in [-0.2, -0.15) is 0 Å². The second kappa shape index (κ2) is 4.75. The molecule has 98 valence electrons. The molecule has 0 saturated carbocycles. The average Bonchev–Trinajstić information content (AvgIpc) is 2.96. The summed E-state index contributed by atoms with van der Waals surface area (Å²) in [7, 11) is 0. The highest BCUT2D eigenvalue weighted by atomic mass is 32.1. The van der Waals surface area contributed by atoms with Gasteiger partial charge >= 0.3 is 0 Å². The molecule has 1 aromatic carbocycles. The predicted molar refractivity (Wildman–Crippen MR) is 77.2 cm³/mol. The zero-order chi connectivity index (χ0) is 13.4. The summed E-state index contributed by atoms with van der Waals surface area (Å²) in [6.45, 7) is 2.60. The third-order valence-electron chi connectivity index (χ3n) is 3.25. The molecule has 1 atom stereocenters. The van der Waals surface area contributed by atoms with Crippen LogP contribution in [0.15, 0.2) is 29.6 Å². The van der Waals surface area contributed by atoms with Gasteiger partial charge in [-0.25, -0.2) is 4.98 Å². The van der Waals surface area contributed by atoms with Crippen LogP contribution in [0.1, 0.15) is 11.4 Å². The van der Waals surface area contributed by atoms with Crippen LogP contribution in [0.5, 0.6) is 0 Å². The summed E-state index contributed by atoms with van der Waals surface area (Å²) >= 11 is 1.64. The Morgan fingerprint density at radius 3 is 2.63 bits per heavy atom. The summed E-state index contributed by atoms with van der Waals surface area (Å²) in [4.78, 5) is 18.0. The van der Waals surface area contributed by atoms with Crippen LogP contribution in [0, 0.1) is 6.92 Å². The van der Waals surface area contributed by atoms with Gasteiger partial charge in [0.1, 0.15) is 0 Å². The van der Waals surface area contributed by atoms with Crippen LogP contribution < -0.4 is 10.6 Å². The first-order chi connectivity index (χ1) is 9.13. The number of nitrogens with two attached hydrogens (primary N) is 1. The molecule has 19 heavy (non-hydrogen) atoms. The first kappa shape index (κ1) is 12.3. The fourth-order valence-electron chi connectivity index (χ4n) is 2.29. The molecule has 1 unspecified atom stereocenters. The van der Waals surface area contributed by atoms with Gasteiger partial charge in [0.05, 0.1) is 10.7 Å². The van der Waals surface area contributed by atoms with E-state index in [1.54, 1.807) is 16.2 Å². The van der Waals surface area contributed by atoms with Crippen LogP contribution in [-0.2, 0) is 4.79 Å². The summed E-state index contributed by atoms with van der Waals surface area (Å²) in [5.41, 5.74) is 8.77. The quantitative estimate of drug-likeness (QED) is 0.912. The Kier molecular flexibility index (Phi) is 3.08. The molecule has 1 saturated heterocycles. The molecule has 0 bridgehead atoms. The maximum Gasteiger partial charge on any atom is 0.228 e. The first-order valence-electron chi connectivity index (χ1n) is 6.22. The Morgan fingerprint density at radius 2 is 2.11 bits per heavy atom. The minimum atomic E-state index is -0.0478. The lowest BCUT2D eigenvalue weighted by Gasteiger charge is -2.16. The molecule has 5 heteroatoms. The molecule has 1 amide bonds. The standard InChI is InChI=1S/C14H15N3OS/c1-9-16-13(8-19-9)10-2-4-12(5-3-10)17-7-11(15)6-14(17)18/h2-5,8,11H,6-7,15H2,1H3. The van der Waals surface area contributed by atoms with Crippen molar-refractivity contribution in [2.45, 2.75) is 19.4 Å². The fourth-order valence-corrected chi connectivity index (χ4v) is 2.91. The van der Waals surface area contributed by atoms with Crippen molar-refractivity contribution in [2.75, 3.05) is 11.4 Å². The molecular weight excluding hydrogens is 258 g/mol. The number of nitrogens with zero attached hydrogens (tertiary/aromatic N) is 2.